The first-order valence-electron chi connectivity index (χ1n) is 6.49. The van der Waals surface area contributed by atoms with Crippen LogP contribution in [-0.4, -0.2) is 36.2 Å². The Bertz CT molecular complexity index is 370. The molecule has 0 radical (unpaired) electrons. The van der Waals surface area contributed by atoms with E-state index in [-0.39, 0.29) is 0 Å². The van der Waals surface area contributed by atoms with Crippen molar-refractivity contribution in [2.75, 3.05) is 25.1 Å². The number of ether oxygens (including phenoxy) is 1. The highest BCUT2D eigenvalue weighted by Crippen LogP contribution is 2.17. The molecule has 1 heterocycles. The molecule has 1 rings (SSSR count). The van der Waals surface area contributed by atoms with Crippen LogP contribution in [-0.2, 0) is 0 Å². The summed E-state index contributed by atoms with van der Waals surface area (Å²) in [6, 6.07) is 2.18. The van der Waals surface area contributed by atoms with E-state index in [9.17, 15) is 0 Å². The van der Waals surface area contributed by atoms with Crippen LogP contribution in [0.25, 0.3) is 0 Å². The Morgan fingerprint density at radius 2 is 2.17 bits per heavy atom. The Morgan fingerprint density at radius 3 is 2.78 bits per heavy atom. The zero-order valence-electron chi connectivity index (χ0n) is 11.8. The predicted molar refractivity (Wildman–Crippen MR) is 74.1 cm³/mol. The predicted octanol–water partition coefficient (Wildman–Crippen LogP) is 1.75. The fraction of sp³-hybridized carbons (Fsp3) is 0.692. The molecule has 102 valence electrons. The van der Waals surface area contributed by atoms with Gasteiger partial charge in [0.1, 0.15) is 0 Å². The fourth-order valence-electron chi connectivity index (χ4n) is 1.59. The quantitative estimate of drug-likeness (QED) is 0.801. The number of aromatic nitrogens is 2. The smallest absolute Gasteiger partial charge is 0.228 e. The summed E-state index contributed by atoms with van der Waals surface area (Å²) in [4.78, 5) is 10.9. The van der Waals surface area contributed by atoms with Crippen molar-refractivity contribution in [1.82, 2.24) is 9.97 Å². The first-order chi connectivity index (χ1) is 8.58. The van der Waals surface area contributed by atoms with Crippen LogP contribution >= 0.6 is 0 Å². The minimum absolute atomic E-state index is 0.316. The lowest BCUT2D eigenvalue weighted by Gasteiger charge is -2.25. The maximum atomic E-state index is 5.58. The van der Waals surface area contributed by atoms with Gasteiger partial charge < -0.3 is 15.4 Å². The van der Waals surface area contributed by atoms with Gasteiger partial charge in [0, 0.05) is 24.8 Å². The number of aryl methyl sites for hydroxylation is 1. The molecule has 18 heavy (non-hydrogen) atoms. The van der Waals surface area contributed by atoms with Crippen LogP contribution in [0.2, 0.25) is 0 Å². The van der Waals surface area contributed by atoms with E-state index >= 15 is 0 Å². The summed E-state index contributed by atoms with van der Waals surface area (Å²) in [6.07, 6.45) is 1.89. The van der Waals surface area contributed by atoms with Crippen molar-refractivity contribution in [1.29, 1.82) is 0 Å². The van der Waals surface area contributed by atoms with E-state index < -0.39 is 0 Å². The molecule has 1 atom stereocenters. The maximum Gasteiger partial charge on any atom is 0.228 e. The SMILES string of the molecule is CCCOc1cc(C)nc(N(C)C(C)CCN)n1. The molecular formula is C13H24N4O. The molecule has 0 aliphatic carbocycles. The van der Waals surface area contributed by atoms with E-state index in [1.54, 1.807) is 0 Å². The lowest BCUT2D eigenvalue weighted by molar-refractivity contribution is 0.304. The third kappa shape index (κ3) is 4.14. The number of hydrogen-bond donors (Lipinski definition) is 1. The Kier molecular flexibility index (Phi) is 5.85. The standard InChI is InChI=1S/C13H24N4O/c1-5-8-18-12-9-10(2)15-13(16-12)17(4)11(3)6-7-14/h9,11H,5-8,14H2,1-4H3. The average molecular weight is 252 g/mol. The van der Waals surface area contributed by atoms with Crippen molar-refractivity contribution in [2.24, 2.45) is 5.73 Å². The molecule has 0 amide bonds. The van der Waals surface area contributed by atoms with Crippen molar-refractivity contribution in [3.8, 4) is 5.88 Å². The first-order valence-corrected chi connectivity index (χ1v) is 6.49. The van der Waals surface area contributed by atoms with E-state index in [0.29, 0.717) is 31.0 Å². The monoisotopic (exact) mass is 252 g/mol. The molecule has 1 unspecified atom stereocenters. The van der Waals surface area contributed by atoms with Crippen molar-refractivity contribution in [3.05, 3.63) is 11.8 Å². The number of hydrogen-bond acceptors (Lipinski definition) is 5. The summed E-state index contributed by atoms with van der Waals surface area (Å²) >= 11 is 0. The maximum absolute atomic E-state index is 5.58. The highest BCUT2D eigenvalue weighted by atomic mass is 16.5. The van der Waals surface area contributed by atoms with Gasteiger partial charge in [-0.3, -0.25) is 0 Å². The van der Waals surface area contributed by atoms with Gasteiger partial charge in [0.25, 0.3) is 0 Å². The summed E-state index contributed by atoms with van der Waals surface area (Å²) in [5, 5.41) is 0. The lowest BCUT2D eigenvalue weighted by atomic mass is 10.2. The van der Waals surface area contributed by atoms with Gasteiger partial charge in [0.2, 0.25) is 11.8 Å². The van der Waals surface area contributed by atoms with Gasteiger partial charge >= 0.3 is 0 Å². The molecule has 0 saturated heterocycles. The molecule has 0 spiro atoms. The minimum atomic E-state index is 0.316. The number of nitrogens with zero attached hydrogens (tertiary/aromatic N) is 3. The zero-order valence-corrected chi connectivity index (χ0v) is 11.8. The van der Waals surface area contributed by atoms with Crippen LogP contribution in [0.3, 0.4) is 0 Å². The lowest BCUT2D eigenvalue weighted by Crippen LogP contribution is -2.32. The Balaban J connectivity index is 2.84. The van der Waals surface area contributed by atoms with Crippen LogP contribution in [0.15, 0.2) is 6.07 Å². The molecule has 2 N–H and O–H groups in total. The second-order valence-corrected chi connectivity index (χ2v) is 4.53. The third-order valence-corrected chi connectivity index (χ3v) is 2.83. The Morgan fingerprint density at radius 1 is 1.44 bits per heavy atom. The van der Waals surface area contributed by atoms with E-state index in [1.165, 1.54) is 0 Å². The molecule has 1 aromatic rings. The van der Waals surface area contributed by atoms with Crippen LogP contribution < -0.4 is 15.4 Å². The molecular weight excluding hydrogens is 228 g/mol. The topological polar surface area (TPSA) is 64.3 Å². The van der Waals surface area contributed by atoms with Crippen LogP contribution in [0.5, 0.6) is 5.88 Å². The second-order valence-electron chi connectivity index (χ2n) is 4.53. The normalized spacial score (nSPS) is 12.3. The molecule has 5 heteroatoms. The van der Waals surface area contributed by atoms with Crippen molar-refractivity contribution >= 4 is 5.95 Å². The van der Waals surface area contributed by atoms with Gasteiger partial charge in [-0.25, -0.2) is 4.98 Å². The summed E-state index contributed by atoms with van der Waals surface area (Å²) < 4.78 is 5.56. The van der Waals surface area contributed by atoms with Gasteiger partial charge in [0.05, 0.1) is 6.61 Å². The Labute approximate surface area is 109 Å². The Hall–Kier alpha value is -1.36. The van der Waals surface area contributed by atoms with Crippen LogP contribution in [0.4, 0.5) is 5.95 Å². The van der Waals surface area contributed by atoms with Crippen molar-refractivity contribution in [3.63, 3.8) is 0 Å². The molecule has 0 fully saturated rings. The molecule has 0 aromatic carbocycles. The number of rotatable bonds is 7. The van der Waals surface area contributed by atoms with E-state index in [2.05, 4.69) is 23.8 Å². The molecule has 0 saturated carbocycles. The van der Waals surface area contributed by atoms with Crippen LogP contribution in [0, 0.1) is 6.92 Å². The third-order valence-electron chi connectivity index (χ3n) is 2.83. The van der Waals surface area contributed by atoms with Crippen molar-refractivity contribution < 1.29 is 4.74 Å². The molecule has 1 aromatic heterocycles. The van der Waals surface area contributed by atoms with Crippen molar-refractivity contribution in [2.45, 2.75) is 39.7 Å². The molecule has 0 bridgehead atoms. The van der Waals surface area contributed by atoms with Gasteiger partial charge in [-0.1, -0.05) is 6.92 Å². The summed E-state index contributed by atoms with van der Waals surface area (Å²) in [5.74, 6) is 1.34. The number of anilines is 1. The summed E-state index contributed by atoms with van der Waals surface area (Å²) in [6.45, 7) is 7.48. The zero-order chi connectivity index (χ0) is 13.5. The van der Waals surface area contributed by atoms with E-state index in [1.807, 2.05) is 24.9 Å². The number of nitrogens with two attached hydrogens (primary N) is 1. The highest BCUT2D eigenvalue weighted by Gasteiger charge is 2.13. The second kappa shape index (κ2) is 7.16. The largest absolute Gasteiger partial charge is 0.478 e. The molecule has 0 aliphatic heterocycles. The average Bonchev–Trinajstić information content (AvgIpc) is 2.35. The van der Waals surface area contributed by atoms with Gasteiger partial charge in [-0.05, 0) is 33.2 Å². The van der Waals surface area contributed by atoms with E-state index in [0.717, 1.165) is 18.5 Å². The summed E-state index contributed by atoms with van der Waals surface area (Å²) in [7, 11) is 1.98. The van der Waals surface area contributed by atoms with Crippen LogP contribution in [0.1, 0.15) is 32.4 Å². The molecule has 0 aliphatic rings. The first kappa shape index (κ1) is 14.7. The highest BCUT2D eigenvalue weighted by molar-refractivity contribution is 5.34. The van der Waals surface area contributed by atoms with Gasteiger partial charge in [-0.2, -0.15) is 4.98 Å². The minimum Gasteiger partial charge on any atom is -0.478 e. The molecule has 5 nitrogen and oxygen atoms in total. The van der Waals surface area contributed by atoms with Gasteiger partial charge in [0.15, 0.2) is 0 Å². The summed E-state index contributed by atoms with van der Waals surface area (Å²) in [5.41, 5.74) is 6.49. The van der Waals surface area contributed by atoms with E-state index in [4.69, 9.17) is 10.5 Å². The fourth-order valence-corrected chi connectivity index (χ4v) is 1.59. The van der Waals surface area contributed by atoms with Gasteiger partial charge in [-0.15, -0.1) is 0 Å².